The molecule has 16 heavy (non-hydrogen) atoms. The van der Waals surface area contributed by atoms with Crippen LogP contribution in [0.15, 0.2) is 35.4 Å². The Balaban J connectivity index is 2.33. The van der Waals surface area contributed by atoms with Gasteiger partial charge in [-0.15, -0.1) is 0 Å². The molecule has 82 valence electrons. The number of rotatable bonds is 2. The Bertz CT molecular complexity index is 563. The number of hydrogen-bond acceptors (Lipinski definition) is 4. The minimum absolute atomic E-state index is 0.248. The number of H-pyrrole nitrogens is 1. The normalized spacial score (nSPS) is 10.1. The molecule has 0 aliphatic carbocycles. The van der Waals surface area contributed by atoms with E-state index in [4.69, 9.17) is 10.5 Å². The number of nitrogen functional groups attached to an aromatic ring is 1. The smallest absolute Gasteiger partial charge is 0.254 e. The second-order valence-corrected chi connectivity index (χ2v) is 3.38. The highest BCUT2D eigenvalue weighted by Crippen LogP contribution is 2.24. The highest BCUT2D eigenvalue weighted by atomic mass is 16.5. The van der Waals surface area contributed by atoms with E-state index in [2.05, 4.69) is 9.97 Å². The van der Waals surface area contributed by atoms with Crippen molar-refractivity contribution in [2.24, 2.45) is 0 Å². The lowest BCUT2D eigenvalue weighted by Crippen LogP contribution is -2.04. The molecule has 0 radical (unpaired) electrons. The van der Waals surface area contributed by atoms with Crippen LogP contribution in [0.1, 0.15) is 5.56 Å². The fourth-order valence-electron chi connectivity index (χ4n) is 1.25. The quantitative estimate of drug-likeness (QED) is 0.746. The highest BCUT2D eigenvalue weighted by molar-refractivity contribution is 5.48. The predicted molar refractivity (Wildman–Crippen MR) is 60.5 cm³/mol. The minimum atomic E-state index is -0.258. The number of anilines is 1. The third kappa shape index (κ3) is 2.20. The highest BCUT2D eigenvalue weighted by Gasteiger charge is 2.03. The third-order valence-corrected chi connectivity index (χ3v) is 2.08. The Hall–Kier alpha value is -2.30. The van der Waals surface area contributed by atoms with E-state index < -0.39 is 0 Å². The zero-order valence-corrected chi connectivity index (χ0v) is 8.73. The Labute approximate surface area is 91.9 Å². The number of aryl methyl sites for hydroxylation is 1. The zero-order chi connectivity index (χ0) is 11.5. The molecule has 0 spiro atoms. The number of hydrogen-bond donors (Lipinski definition) is 2. The molecule has 0 aliphatic heterocycles. The van der Waals surface area contributed by atoms with Crippen molar-refractivity contribution in [3.63, 3.8) is 0 Å². The summed E-state index contributed by atoms with van der Waals surface area (Å²) in [5.41, 5.74) is 6.91. The lowest BCUT2D eigenvalue weighted by Gasteiger charge is -2.07. The molecule has 0 saturated heterocycles. The van der Waals surface area contributed by atoms with Gasteiger partial charge in [-0.25, -0.2) is 4.98 Å². The van der Waals surface area contributed by atoms with Crippen LogP contribution in [0.5, 0.6) is 11.6 Å². The van der Waals surface area contributed by atoms with Crippen molar-refractivity contribution in [2.45, 2.75) is 6.92 Å². The summed E-state index contributed by atoms with van der Waals surface area (Å²) in [4.78, 5) is 17.3. The van der Waals surface area contributed by atoms with Crippen molar-refractivity contribution in [3.8, 4) is 11.6 Å². The van der Waals surface area contributed by atoms with E-state index in [1.807, 2.05) is 13.0 Å². The molecule has 1 aromatic carbocycles. The van der Waals surface area contributed by atoms with Crippen molar-refractivity contribution in [3.05, 3.63) is 46.5 Å². The van der Waals surface area contributed by atoms with Crippen LogP contribution < -0.4 is 16.0 Å². The maximum atomic E-state index is 11.0. The first-order chi connectivity index (χ1) is 7.65. The van der Waals surface area contributed by atoms with Crippen LogP contribution in [0.2, 0.25) is 0 Å². The summed E-state index contributed by atoms with van der Waals surface area (Å²) in [7, 11) is 0. The lowest BCUT2D eigenvalue weighted by atomic mass is 10.2. The van der Waals surface area contributed by atoms with Crippen molar-refractivity contribution < 1.29 is 4.74 Å². The van der Waals surface area contributed by atoms with Crippen LogP contribution in [0.3, 0.4) is 0 Å². The molecule has 0 unspecified atom stereocenters. The number of nitrogens with two attached hydrogens (primary N) is 1. The number of aromatic nitrogens is 2. The molecule has 2 rings (SSSR count). The van der Waals surface area contributed by atoms with Gasteiger partial charge in [0.1, 0.15) is 5.75 Å². The Kier molecular flexibility index (Phi) is 2.59. The van der Waals surface area contributed by atoms with Gasteiger partial charge in [0.25, 0.3) is 5.56 Å². The van der Waals surface area contributed by atoms with Gasteiger partial charge in [-0.2, -0.15) is 0 Å². The minimum Gasteiger partial charge on any atom is -0.438 e. The average Bonchev–Trinajstić information content (AvgIpc) is 2.24. The van der Waals surface area contributed by atoms with Crippen molar-refractivity contribution in [1.82, 2.24) is 9.97 Å². The van der Waals surface area contributed by atoms with Gasteiger partial charge in [-0.1, -0.05) is 6.07 Å². The van der Waals surface area contributed by atoms with Gasteiger partial charge in [-0.3, -0.25) is 4.79 Å². The third-order valence-electron chi connectivity index (χ3n) is 2.08. The topological polar surface area (TPSA) is 81.0 Å². The number of nitrogens with one attached hydrogen (secondary N) is 1. The largest absolute Gasteiger partial charge is 0.438 e. The Morgan fingerprint density at radius 2 is 2.19 bits per heavy atom. The van der Waals surface area contributed by atoms with Gasteiger partial charge in [0, 0.05) is 11.8 Å². The molecule has 0 amide bonds. The van der Waals surface area contributed by atoms with Crippen LogP contribution in [-0.2, 0) is 0 Å². The van der Waals surface area contributed by atoms with Crippen LogP contribution >= 0.6 is 0 Å². The van der Waals surface area contributed by atoms with Gasteiger partial charge in [-0.05, 0) is 18.6 Å². The molecule has 1 heterocycles. The summed E-state index contributed by atoms with van der Waals surface area (Å²) in [6, 6.07) is 6.60. The van der Waals surface area contributed by atoms with E-state index in [1.54, 1.807) is 12.1 Å². The molecule has 5 nitrogen and oxygen atoms in total. The maximum absolute atomic E-state index is 11.0. The molecule has 0 saturated carbocycles. The molecule has 5 heteroatoms. The molecule has 2 aromatic rings. The second-order valence-electron chi connectivity index (χ2n) is 3.38. The average molecular weight is 217 g/mol. The predicted octanol–water partition coefficient (Wildman–Crippen LogP) is 1.45. The van der Waals surface area contributed by atoms with E-state index in [0.717, 1.165) is 5.56 Å². The van der Waals surface area contributed by atoms with Gasteiger partial charge >= 0.3 is 0 Å². The fraction of sp³-hybridized carbons (Fsp3) is 0.0909. The van der Waals surface area contributed by atoms with Crippen LogP contribution in [0, 0.1) is 6.92 Å². The van der Waals surface area contributed by atoms with Crippen LogP contribution in [-0.4, -0.2) is 9.97 Å². The van der Waals surface area contributed by atoms with Gasteiger partial charge in [0.2, 0.25) is 5.88 Å². The maximum Gasteiger partial charge on any atom is 0.254 e. The second kappa shape index (κ2) is 4.06. The van der Waals surface area contributed by atoms with Crippen molar-refractivity contribution >= 4 is 5.69 Å². The Morgan fingerprint density at radius 3 is 2.94 bits per heavy atom. The molecule has 0 bridgehead atoms. The first-order valence-corrected chi connectivity index (χ1v) is 4.74. The first-order valence-electron chi connectivity index (χ1n) is 4.74. The molecular weight excluding hydrogens is 206 g/mol. The summed E-state index contributed by atoms with van der Waals surface area (Å²) in [6.45, 7) is 1.89. The SMILES string of the molecule is Cc1ccc(N)cc1Oc1cc(=O)[nH]cn1. The number of aromatic amines is 1. The van der Waals surface area contributed by atoms with Crippen molar-refractivity contribution in [2.75, 3.05) is 5.73 Å². The Morgan fingerprint density at radius 1 is 1.38 bits per heavy atom. The van der Waals surface area contributed by atoms with E-state index in [1.165, 1.54) is 12.4 Å². The standard InChI is InChI=1S/C11H11N3O2/c1-7-2-3-8(12)4-9(7)16-11-5-10(15)13-6-14-11/h2-6H,12H2,1H3,(H,13,14,15). The summed E-state index contributed by atoms with van der Waals surface area (Å²) in [6.07, 6.45) is 1.29. The number of nitrogens with zero attached hydrogens (tertiary/aromatic N) is 1. The molecule has 0 aliphatic rings. The van der Waals surface area contributed by atoms with E-state index >= 15 is 0 Å². The summed E-state index contributed by atoms with van der Waals surface area (Å²) in [5, 5.41) is 0. The van der Waals surface area contributed by atoms with Crippen LogP contribution in [0.4, 0.5) is 5.69 Å². The zero-order valence-electron chi connectivity index (χ0n) is 8.73. The van der Waals surface area contributed by atoms with Crippen molar-refractivity contribution in [1.29, 1.82) is 0 Å². The number of benzene rings is 1. The van der Waals surface area contributed by atoms with E-state index in [-0.39, 0.29) is 11.4 Å². The molecular formula is C11H11N3O2. The fourth-order valence-corrected chi connectivity index (χ4v) is 1.25. The summed E-state index contributed by atoms with van der Waals surface area (Å²) < 4.78 is 5.46. The molecule has 0 fully saturated rings. The van der Waals surface area contributed by atoms with Gasteiger partial charge < -0.3 is 15.5 Å². The molecule has 0 atom stereocenters. The van der Waals surface area contributed by atoms with Gasteiger partial charge in [0.15, 0.2) is 0 Å². The summed E-state index contributed by atoms with van der Waals surface area (Å²) >= 11 is 0. The van der Waals surface area contributed by atoms with E-state index in [0.29, 0.717) is 11.4 Å². The number of ether oxygens (including phenoxy) is 1. The summed E-state index contributed by atoms with van der Waals surface area (Å²) in [5.74, 6) is 0.843. The first kappa shape index (κ1) is 10.2. The lowest BCUT2D eigenvalue weighted by molar-refractivity contribution is 0.457. The molecule has 3 N–H and O–H groups in total. The molecule has 1 aromatic heterocycles. The van der Waals surface area contributed by atoms with E-state index in [9.17, 15) is 4.79 Å². The monoisotopic (exact) mass is 217 g/mol. The van der Waals surface area contributed by atoms with Crippen LogP contribution in [0.25, 0.3) is 0 Å². The van der Waals surface area contributed by atoms with Gasteiger partial charge in [0.05, 0.1) is 12.4 Å².